The van der Waals surface area contributed by atoms with Crippen LogP contribution in [-0.4, -0.2) is 25.8 Å². The summed E-state index contributed by atoms with van der Waals surface area (Å²) < 4.78 is 1.79. The SMILES string of the molecule is CC(C)CCC(C)Nc1nc2c(cnn2C(C)(C)C)c(=O)[nH]1. The standard InChI is InChI=1S/C16H27N5O/c1-10(2)7-8-11(3)18-15-19-13-12(14(22)20-15)9-17-21(13)16(4,5)6/h9-11H,7-8H2,1-6H3,(H2,18,19,20,22). The van der Waals surface area contributed by atoms with Crippen LogP contribution in [-0.2, 0) is 5.54 Å². The number of aromatic amines is 1. The Morgan fingerprint density at radius 1 is 1.27 bits per heavy atom. The van der Waals surface area contributed by atoms with E-state index in [-0.39, 0.29) is 17.1 Å². The van der Waals surface area contributed by atoms with E-state index in [1.807, 2.05) is 20.8 Å². The van der Waals surface area contributed by atoms with Gasteiger partial charge in [-0.05, 0) is 46.5 Å². The molecule has 0 bridgehead atoms. The van der Waals surface area contributed by atoms with E-state index in [9.17, 15) is 4.79 Å². The van der Waals surface area contributed by atoms with Crippen molar-refractivity contribution in [2.45, 2.75) is 66.0 Å². The second kappa shape index (κ2) is 6.10. The molecule has 2 aromatic heterocycles. The van der Waals surface area contributed by atoms with Crippen LogP contribution >= 0.6 is 0 Å². The van der Waals surface area contributed by atoms with Crippen molar-refractivity contribution in [3.8, 4) is 0 Å². The average Bonchev–Trinajstić information content (AvgIpc) is 2.80. The molecule has 1 atom stereocenters. The van der Waals surface area contributed by atoms with Gasteiger partial charge in [0.1, 0.15) is 5.39 Å². The number of hydrogen-bond acceptors (Lipinski definition) is 4. The lowest BCUT2D eigenvalue weighted by atomic mass is 10.0. The lowest BCUT2D eigenvalue weighted by Gasteiger charge is -2.20. The van der Waals surface area contributed by atoms with E-state index in [2.05, 4.69) is 41.2 Å². The summed E-state index contributed by atoms with van der Waals surface area (Å²) in [4.78, 5) is 19.6. The molecule has 0 fully saturated rings. The van der Waals surface area contributed by atoms with Crippen molar-refractivity contribution in [1.82, 2.24) is 19.7 Å². The van der Waals surface area contributed by atoms with Crippen LogP contribution in [0.5, 0.6) is 0 Å². The second-order valence-corrected chi connectivity index (χ2v) is 7.40. The fraction of sp³-hybridized carbons (Fsp3) is 0.688. The predicted octanol–water partition coefficient (Wildman–Crippen LogP) is 3.11. The van der Waals surface area contributed by atoms with Crippen LogP contribution in [0.1, 0.15) is 54.4 Å². The minimum atomic E-state index is -0.219. The van der Waals surface area contributed by atoms with E-state index in [4.69, 9.17) is 0 Å². The van der Waals surface area contributed by atoms with Crippen molar-refractivity contribution >= 4 is 17.0 Å². The molecular formula is C16H27N5O. The third-order valence-corrected chi connectivity index (χ3v) is 3.63. The first-order valence-electron chi connectivity index (χ1n) is 7.93. The van der Waals surface area contributed by atoms with Crippen molar-refractivity contribution < 1.29 is 0 Å². The first-order chi connectivity index (χ1) is 10.2. The molecule has 0 amide bonds. The van der Waals surface area contributed by atoms with Crippen molar-refractivity contribution in [3.05, 3.63) is 16.6 Å². The molecule has 0 saturated heterocycles. The molecule has 6 nitrogen and oxygen atoms in total. The van der Waals surface area contributed by atoms with Crippen molar-refractivity contribution in [2.75, 3.05) is 5.32 Å². The molecule has 0 spiro atoms. The summed E-state index contributed by atoms with van der Waals surface area (Å²) in [6.45, 7) is 12.7. The van der Waals surface area contributed by atoms with Gasteiger partial charge < -0.3 is 5.32 Å². The molecule has 22 heavy (non-hydrogen) atoms. The Morgan fingerprint density at radius 2 is 1.95 bits per heavy atom. The smallest absolute Gasteiger partial charge is 0.263 e. The van der Waals surface area contributed by atoms with Gasteiger partial charge in [0.15, 0.2) is 5.65 Å². The lowest BCUT2D eigenvalue weighted by molar-refractivity contribution is 0.366. The number of nitrogens with zero attached hydrogens (tertiary/aromatic N) is 3. The number of nitrogens with one attached hydrogen (secondary N) is 2. The van der Waals surface area contributed by atoms with Gasteiger partial charge in [0.2, 0.25) is 5.95 Å². The van der Waals surface area contributed by atoms with Crippen LogP contribution in [0.15, 0.2) is 11.0 Å². The molecule has 2 heterocycles. The average molecular weight is 305 g/mol. The highest BCUT2D eigenvalue weighted by Gasteiger charge is 2.20. The van der Waals surface area contributed by atoms with Crippen LogP contribution in [0.4, 0.5) is 5.95 Å². The van der Waals surface area contributed by atoms with Crippen molar-refractivity contribution in [1.29, 1.82) is 0 Å². The topological polar surface area (TPSA) is 75.6 Å². The van der Waals surface area contributed by atoms with Crippen LogP contribution in [0.3, 0.4) is 0 Å². The van der Waals surface area contributed by atoms with E-state index in [1.165, 1.54) is 0 Å². The normalized spacial score (nSPS) is 13.8. The Morgan fingerprint density at radius 3 is 2.55 bits per heavy atom. The van der Waals surface area contributed by atoms with Crippen molar-refractivity contribution in [3.63, 3.8) is 0 Å². The van der Waals surface area contributed by atoms with Gasteiger partial charge in [0, 0.05) is 6.04 Å². The molecule has 122 valence electrons. The van der Waals surface area contributed by atoms with Crippen LogP contribution in [0.2, 0.25) is 0 Å². The number of anilines is 1. The third kappa shape index (κ3) is 3.67. The molecule has 6 heteroatoms. The fourth-order valence-electron chi connectivity index (χ4n) is 2.37. The number of fused-ring (bicyclic) bond motifs is 1. The summed E-state index contributed by atoms with van der Waals surface area (Å²) in [6.07, 6.45) is 3.76. The molecule has 0 saturated carbocycles. The highest BCUT2D eigenvalue weighted by Crippen LogP contribution is 2.19. The Bertz CT molecular complexity index is 693. The largest absolute Gasteiger partial charge is 0.353 e. The number of aromatic nitrogens is 4. The maximum atomic E-state index is 12.2. The van der Waals surface area contributed by atoms with Gasteiger partial charge in [0.25, 0.3) is 5.56 Å². The Balaban J connectivity index is 2.30. The highest BCUT2D eigenvalue weighted by atomic mass is 16.1. The van der Waals surface area contributed by atoms with Gasteiger partial charge in [-0.3, -0.25) is 9.78 Å². The van der Waals surface area contributed by atoms with Gasteiger partial charge in [-0.2, -0.15) is 10.1 Å². The summed E-state index contributed by atoms with van der Waals surface area (Å²) >= 11 is 0. The molecule has 0 radical (unpaired) electrons. The van der Waals surface area contributed by atoms with Crippen LogP contribution in [0, 0.1) is 5.92 Å². The summed E-state index contributed by atoms with van der Waals surface area (Å²) in [5.74, 6) is 1.18. The van der Waals surface area contributed by atoms with Crippen LogP contribution < -0.4 is 10.9 Å². The first kappa shape index (κ1) is 16.5. The van der Waals surface area contributed by atoms with Crippen LogP contribution in [0.25, 0.3) is 11.0 Å². The number of rotatable bonds is 5. The minimum Gasteiger partial charge on any atom is -0.353 e. The van der Waals surface area contributed by atoms with E-state index >= 15 is 0 Å². The number of hydrogen-bond donors (Lipinski definition) is 2. The van der Waals surface area contributed by atoms with E-state index in [0.717, 1.165) is 12.8 Å². The minimum absolute atomic E-state index is 0.154. The molecule has 0 aliphatic rings. The predicted molar refractivity (Wildman–Crippen MR) is 90.3 cm³/mol. The van der Waals surface area contributed by atoms with Gasteiger partial charge in [-0.1, -0.05) is 13.8 Å². The second-order valence-electron chi connectivity index (χ2n) is 7.40. The maximum absolute atomic E-state index is 12.2. The van der Waals surface area contributed by atoms with Gasteiger partial charge in [-0.15, -0.1) is 0 Å². The quantitative estimate of drug-likeness (QED) is 0.890. The first-order valence-corrected chi connectivity index (χ1v) is 7.93. The molecule has 2 rings (SSSR count). The summed E-state index contributed by atoms with van der Waals surface area (Å²) in [7, 11) is 0. The molecule has 0 aliphatic carbocycles. The summed E-state index contributed by atoms with van der Waals surface area (Å²) in [5.41, 5.74) is 0.247. The Kier molecular flexibility index (Phi) is 4.58. The molecule has 1 unspecified atom stereocenters. The molecule has 0 aliphatic heterocycles. The maximum Gasteiger partial charge on any atom is 0.263 e. The number of H-pyrrole nitrogens is 1. The van der Waals surface area contributed by atoms with E-state index in [1.54, 1.807) is 10.9 Å². The van der Waals surface area contributed by atoms with Gasteiger partial charge >= 0.3 is 0 Å². The Hall–Kier alpha value is -1.85. The lowest BCUT2D eigenvalue weighted by Crippen LogP contribution is -2.25. The van der Waals surface area contributed by atoms with E-state index in [0.29, 0.717) is 22.9 Å². The zero-order chi connectivity index (χ0) is 16.5. The van der Waals surface area contributed by atoms with Crippen molar-refractivity contribution in [2.24, 2.45) is 5.92 Å². The Labute approximate surface area is 131 Å². The summed E-state index contributed by atoms with van der Waals surface area (Å²) in [5, 5.41) is 8.13. The fourth-order valence-corrected chi connectivity index (χ4v) is 2.37. The monoisotopic (exact) mass is 305 g/mol. The third-order valence-electron chi connectivity index (χ3n) is 3.63. The molecule has 2 aromatic rings. The van der Waals surface area contributed by atoms with Gasteiger partial charge in [-0.25, -0.2) is 4.68 Å². The van der Waals surface area contributed by atoms with E-state index < -0.39 is 0 Å². The zero-order valence-electron chi connectivity index (χ0n) is 14.4. The zero-order valence-corrected chi connectivity index (χ0v) is 14.4. The molecule has 0 aromatic carbocycles. The highest BCUT2D eigenvalue weighted by molar-refractivity contribution is 5.74. The van der Waals surface area contributed by atoms with Gasteiger partial charge in [0.05, 0.1) is 11.7 Å². The molecular weight excluding hydrogens is 278 g/mol. The summed E-state index contributed by atoms with van der Waals surface area (Å²) in [6, 6.07) is 0.258. The molecule has 2 N–H and O–H groups in total.